The van der Waals surface area contributed by atoms with Crippen molar-refractivity contribution in [2.24, 2.45) is 5.92 Å². The Hall–Kier alpha value is -0.750. The molecule has 2 N–H and O–H groups in total. The maximum Gasteiger partial charge on any atom is 0.327 e. The summed E-state index contributed by atoms with van der Waals surface area (Å²) in [5, 5.41) is 12.3. The van der Waals surface area contributed by atoms with Crippen molar-refractivity contribution in [3.63, 3.8) is 0 Å². The molecule has 2 fully saturated rings. The lowest BCUT2D eigenvalue weighted by Gasteiger charge is -2.26. The van der Waals surface area contributed by atoms with Crippen molar-refractivity contribution in [2.45, 2.75) is 25.3 Å². The molecule has 0 saturated carbocycles. The molecule has 0 aromatic carbocycles. The maximum absolute atomic E-state index is 12.0. The van der Waals surface area contributed by atoms with Crippen molar-refractivity contribution in [3.8, 4) is 0 Å². The monoisotopic (exact) mass is 258 g/mol. The van der Waals surface area contributed by atoms with E-state index in [2.05, 4.69) is 5.32 Å². The van der Waals surface area contributed by atoms with Crippen LogP contribution in [0.1, 0.15) is 19.3 Å². The summed E-state index contributed by atoms with van der Waals surface area (Å²) in [7, 11) is 0. The molecule has 0 aromatic heterocycles. The van der Waals surface area contributed by atoms with Gasteiger partial charge in [0.15, 0.2) is 0 Å². The smallest absolute Gasteiger partial charge is 0.327 e. The van der Waals surface area contributed by atoms with Gasteiger partial charge in [0.25, 0.3) is 0 Å². The molecule has 2 heterocycles. The second kappa shape index (κ2) is 5.73. The summed E-state index contributed by atoms with van der Waals surface area (Å²) < 4.78 is 0. The SMILES string of the molecule is O=C(O)C1CSCN1C(=O)CC1CCCNC1. The van der Waals surface area contributed by atoms with Gasteiger partial charge in [-0.3, -0.25) is 4.79 Å². The number of hydrogen-bond donors (Lipinski definition) is 2. The summed E-state index contributed by atoms with van der Waals surface area (Å²) >= 11 is 1.52. The fraction of sp³-hybridized carbons (Fsp3) is 0.818. The molecule has 17 heavy (non-hydrogen) atoms. The molecule has 1 amide bonds. The molecule has 2 aliphatic rings. The third kappa shape index (κ3) is 3.13. The average Bonchev–Trinajstić information content (AvgIpc) is 2.79. The van der Waals surface area contributed by atoms with E-state index in [-0.39, 0.29) is 5.91 Å². The van der Waals surface area contributed by atoms with Crippen LogP contribution in [-0.4, -0.2) is 52.6 Å². The van der Waals surface area contributed by atoms with Crippen LogP contribution in [0.25, 0.3) is 0 Å². The third-order valence-corrected chi connectivity index (χ3v) is 4.36. The summed E-state index contributed by atoms with van der Waals surface area (Å²) in [4.78, 5) is 24.6. The lowest BCUT2D eigenvalue weighted by molar-refractivity contribution is -0.148. The van der Waals surface area contributed by atoms with Gasteiger partial charge in [-0.25, -0.2) is 4.79 Å². The second-order valence-corrected chi connectivity index (χ2v) is 5.63. The molecule has 2 rings (SSSR count). The fourth-order valence-corrected chi connectivity index (χ4v) is 3.53. The van der Waals surface area contributed by atoms with E-state index >= 15 is 0 Å². The van der Waals surface area contributed by atoms with Gasteiger partial charge in [0.2, 0.25) is 5.91 Å². The summed E-state index contributed by atoms with van der Waals surface area (Å²) in [6, 6.07) is -0.621. The Morgan fingerprint density at radius 3 is 2.94 bits per heavy atom. The number of carboxylic acids is 1. The topological polar surface area (TPSA) is 69.6 Å². The van der Waals surface area contributed by atoms with E-state index in [4.69, 9.17) is 5.11 Å². The van der Waals surface area contributed by atoms with Crippen LogP contribution >= 0.6 is 11.8 Å². The van der Waals surface area contributed by atoms with Crippen molar-refractivity contribution in [1.82, 2.24) is 10.2 Å². The Bertz CT molecular complexity index is 305. The predicted molar refractivity (Wildman–Crippen MR) is 65.8 cm³/mol. The highest BCUT2D eigenvalue weighted by atomic mass is 32.2. The minimum atomic E-state index is -0.884. The average molecular weight is 258 g/mol. The molecule has 0 radical (unpaired) electrons. The van der Waals surface area contributed by atoms with Gasteiger partial charge in [0.05, 0.1) is 5.88 Å². The van der Waals surface area contributed by atoms with Crippen molar-refractivity contribution >= 4 is 23.6 Å². The fourth-order valence-electron chi connectivity index (χ4n) is 2.36. The summed E-state index contributed by atoms with van der Waals surface area (Å²) in [5.74, 6) is 0.525. The van der Waals surface area contributed by atoms with Crippen molar-refractivity contribution in [1.29, 1.82) is 0 Å². The Morgan fingerprint density at radius 2 is 2.29 bits per heavy atom. The number of carbonyl (C=O) groups is 2. The normalized spacial score (nSPS) is 29.3. The molecule has 0 spiro atoms. The number of carbonyl (C=O) groups excluding carboxylic acids is 1. The molecule has 0 aromatic rings. The summed E-state index contributed by atoms with van der Waals surface area (Å²) in [6.45, 7) is 1.91. The number of aliphatic carboxylic acids is 1. The van der Waals surface area contributed by atoms with Crippen LogP contribution in [0.4, 0.5) is 0 Å². The van der Waals surface area contributed by atoms with Crippen LogP contribution in [-0.2, 0) is 9.59 Å². The lowest BCUT2D eigenvalue weighted by atomic mass is 9.95. The molecule has 0 aliphatic carbocycles. The standard InChI is InChI=1S/C11H18N2O3S/c14-10(4-8-2-1-3-12-5-8)13-7-17-6-9(13)11(15)16/h8-9,12H,1-7H2,(H,15,16). The van der Waals surface area contributed by atoms with Crippen LogP contribution < -0.4 is 5.32 Å². The largest absolute Gasteiger partial charge is 0.480 e. The first-order chi connectivity index (χ1) is 8.18. The van der Waals surface area contributed by atoms with Crippen LogP contribution in [0.3, 0.4) is 0 Å². The van der Waals surface area contributed by atoms with Crippen LogP contribution in [0, 0.1) is 5.92 Å². The van der Waals surface area contributed by atoms with E-state index in [0.717, 1.165) is 25.9 Å². The lowest BCUT2D eigenvalue weighted by Crippen LogP contribution is -2.43. The highest BCUT2D eigenvalue weighted by molar-refractivity contribution is 7.99. The van der Waals surface area contributed by atoms with Gasteiger partial charge in [-0.2, -0.15) is 0 Å². The second-order valence-electron chi connectivity index (χ2n) is 4.63. The molecule has 2 aliphatic heterocycles. The van der Waals surface area contributed by atoms with Crippen molar-refractivity contribution in [2.75, 3.05) is 24.7 Å². The van der Waals surface area contributed by atoms with Gasteiger partial charge in [-0.05, 0) is 31.8 Å². The van der Waals surface area contributed by atoms with Gasteiger partial charge < -0.3 is 15.3 Å². The highest BCUT2D eigenvalue weighted by Gasteiger charge is 2.35. The number of carboxylic acid groups (broad SMARTS) is 1. The van der Waals surface area contributed by atoms with Gasteiger partial charge >= 0.3 is 5.97 Å². The molecular weight excluding hydrogens is 240 g/mol. The Morgan fingerprint density at radius 1 is 1.47 bits per heavy atom. The van der Waals surface area contributed by atoms with E-state index in [9.17, 15) is 9.59 Å². The van der Waals surface area contributed by atoms with Crippen molar-refractivity contribution < 1.29 is 14.7 Å². The Balaban J connectivity index is 1.88. The molecule has 2 unspecified atom stereocenters. The first-order valence-electron chi connectivity index (χ1n) is 5.99. The number of rotatable bonds is 3. The number of nitrogens with zero attached hydrogens (tertiary/aromatic N) is 1. The number of hydrogen-bond acceptors (Lipinski definition) is 4. The molecule has 0 bridgehead atoms. The zero-order valence-electron chi connectivity index (χ0n) is 9.72. The molecule has 6 heteroatoms. The summed E-state index contributed by atoms with van der Waals surface area (Å²) in [6.07, 6.45) is 2.66. The number of nitrogens with one attached hydrogen (secondary N) is 1. The van der Waals surface area contributed by atoms with Gasteiger partial charge in [-0.1, -0.05) is 0 Å². The highest BCUT2D eigenvalue weighted by Crippen LogP contribution is 2.24. The van der Waals surface area contributed by atoms with E-state index in [1.807, 2.05) is 0 Å². The van der Waals surface area contributed by atoms with Gasteiger partial charge in [0.1, 0.15) is 6.04 Å². The van der Waals surface area contributed by atoms with Gasteiger partial charge in [-0.15, -0.1) is 11.8 Å². The molecule has 2 atom stereocenters. The summed E-state index contributed by atoms with van der Waals surface area (Å²) in [5.41, 5.74) is 0. The minimum Gasteiger partial charge on any atom is -0.480 e. The molecular formula is C11H18N2O3S. The zero-order valence-corrected chi connectivity index (χ0v) is 10.5. The van der Waals surface area contributed by atoms with Crippen LogP contribution in [0.15, 0.2) is 0 Å². The number of thioether (sulfide) groups is 1. The van der Waals surface area contributed by atoms with E-state index < -0.39 is 12.0 Å². The zero-order chi connectivity index (χ0) is 12.3. The molecule has 96 valence electrons. The minimum absolute atomic E-state index is 0.00361. The molecule has 2 saturated heterocycles. The van der Waals surface area contributed by atoms with Crippen molar-refractivity contribution in [3.05, 3.63) is 0 Å². The Kier molecular flexibility index (Phi) is 4.28. The van der Waals surface area contributed by atoms with Crippen LogP contribution in [0.2, 0.25) is 0 Å². The first-order valence-corrected chi connectivity index (χ1v) is 7.14. The van der Waals surface area contributed by atoms with E-state index in [0.29, 0.717) is 24.0 Å². The third-order valence-electron chi connectivity index (χ3n) is 3.35. The predicted octanol–water partition coefficient (Wildman–Crippen LogP) is 0.362. The van der Waals surface area contributed by atoms with E-state index in [1.54, 1.807) is 0 Å². The molecule has 5 nitrogen and oxygen atoms in total. The number of amides is 1. The van der Waals surface area contributed by atoms with E-state index in [1.165, 1.54) is 16.7 Å². The van der Waals surface area contributed by atoms with Crippen LogP contribution in [0.5, 0.6) is 0 Å². The Labute approximate surface area is 105 Å². The number of piperidine rings is 1. The maximum atomic E-state index is 12.0. The quantitative estimate of drug-likeness (QED) is 0.765. The first kappa shape index (κ1) is 12.7. The van der Waals surface area contributed by atoms with Gasteiger partial charge in [0, 0.05) is 12.2 Å².